The van der Waals surface area contributed by atoms with E-state index in [2.05, 4.69) is 0 Å². The molecule has 2 nitrogen and oxygen atoms in total. The Labute approximate surface area is 81.1 Å². The zero-order chi connectivity index (χ0) is 10.6. The van der Waals surface area contributed by atoms with E-state index in [0.717, 1.165) is 12.8 Å². The Morgan fingerprint density at radius 3 is 2.64 bits per heavy atom. The van der Waals surface area contributed by atoms with Gasteiger partial charge in [-0.05, 0) is 19.3 Å². The summed E-state index contributed by atoms with van der Waals surface area (Å²) in [5, 5.41) is 9.46. The van der Waals surface area contributed by atoms with Crippen LogP contribution in [0.25, 0.3) is 0 Å². The van der Waals surface area contributed by atoms with Crippen molar-refractivity contribution in [2.75, 3.05) is 13.2 Å². The Hall–Kier alpha value is -0.290. The third-order valence-electron chi connectivity index (χ3n) is 2.46. The summed E-state index contributed by atoms with van der Waals surface area (Å²) in [7, 11) is 0. The first kappa shape index (κ1) is 11.8. The molecule has 2 atom stereocenters. The minimum atomic E-state index is -4.17. The van der Waals surface area contributed by atoms with Crippen LogP contribution in [0.3, 0.4) is 0 Å². The van der Waals surface area contributed by atoms with Gasteiger partial charge in [0, 0.05) is 18.9 Å². The van der Waals surface area contributed by atoms with Crippen LogP contribution >= 0.6 is 0 Å². The number of ether oxygens (including phenoxy) is 1. The van der Waals surface area contributed by atoms with Crippen molar-refractivity contribution in [1.82, 2.24) is 0 Å². The van der Waals surface area contributed by atoms with Crippen LogP contribution in [0.1, 0.15) is 25.7 Å². The Balaban J connectivity index is 2.23. The number of halogens is 3. The molecule has 0 aromatic rings. The van der Waals surface area contributed by atoms with Crippen LogP contribution in [0.5, 0.6) is 0 Å². The second kappa shape index (κ2) is 4.98. The van der Waals surface area contributed by atoms with Crippen molar-refractivity contribution in [1.29, 1.82) is 0 Å². The second-order valence-corrected chi connectivity index (χ2v) is 3.70. The molecule has 0 aromatic heterocycles. The van der Waals surface area contributed by atoms with Gasteiger partial charge in [0.1, 0.15) is 0 Å². The SMILES string of the molecule is OC(CCC(F)(F)F)C1CCCOC1. The predicted octanol–water partition coefficient (Wildman–Crippen LogP) is 2.12. The average molecular weight is 212 g/mol. The fraction of sp³-hybridized carbons (Fsp3) is 1.00. The molecule has 2 unspecified atom stereocenters. The highest BCUT2D eigenvalue weighted by molar-refractivity contribution is 4.72. The molecule has 1 aliphatic rings. The largest absolute Gasteiger partial charge is 0.393 e. The van der Waals surface area contributed by atoms with Gasteiger partial charge in [-0.15, -0.1) is 0 Å². The van der Waals surface area contributed by atoms with E-state index in [0.29, 0.717) is 13.2 Å². The molecule has 1 rings (SSSR count). The summed E-state index contributed by atoms with van der Waals surface area (Å²) in [6.07, 6.45) is -4.58. The van der Waals surface area contributed by atoms with Crippen LogP contribution in [-0.2, 0) is 4.74 Å². The quantitative estimate of drug-likeness (QED) is 0.776. The lowest BCUT2D eigenvalue weighted by molar-refractivity contribution is -0.143. The van der Waals surface area contributed by atoms with Gasteiger partial charge in [-0.3, -0.25) is 0 Å². The molecule has 1 N–H and O–H groups in total. The topological polar surface area (TPSA) is 29.5 Å². The second-order valence-electron chi connectivity index (χ2n) is 3.70. The summed E-state index contributed by atoms with van der Waals surface area (Å²) < 4.78 is 40.6. The number of rotatable bonds is 3. The molecular weight excluding hydrogens is 197 g/mol. The molecule has 1 aliphatic heterocycles. The highest BCUT2D eigenvalue weighted by Gasteiger charge is 2.30. The van der Waals surface area contributed by atoms with Gasteiger partial charge in [0.25, 0.3) is 0 Å². The van der Waals surface area contributed by atoms with Crippen molar-refractivity contribution in [2.24, 2.45) is 5.92 Å². The first-order chi connectivity index (χ1) is 6.49. The molecule has 1 fully saturated rings. The van der Waals surface area contributed by atoms with Gasteiger partial charge in [0.05, 0.1) is 12.7 Å². The highest BCUT2D eigenvalue weighted by atomic mass is 19.4. The van der Waals surface area contributed by atoms with Crippen LogP contribution in [-0.4, -0.2) is 30.6 Å². The molecule has 1 saturated heterocycles. The van der Waals surface area contributed by atoms with E-state index in [1.165, 1.54) is 0 Å². The molecule has 0 saturated carbocycles. The molecule has 0 radical (unpaired) electrons. The molecule has 0 aromatic carbocycles. The van der Waals surface area contributed by atoms with E-state index < -0.39 is 18.7 Å². The monoisotopic (exact) mass is 212 g/mol. The van der Waals surface area contributed by atoms with Crippen LogP contribution in [0, 0.1) is 5.92 Å². The predicted molar refractivity (Wildman–Crippen MR) is 44.8 cm³/mol. The van der Waals surface area contributed by atoms with Gasteiger partial charge < -0.3 is 9.84 Å². The maximum atomic E-state index is 11.8. The summed E-state index contributed by atoms with van der Waals surface area (Å²) in [5.41, 5.74) is 0. The summed E-state index contributed by atoms with van der Waals surface area (Å²) >= 11 is 0. The van der Waals surface area contributed by atoms with Gasteiger partial charge in [-0.2, -0.15) is 13.2 Å². The smallest absolute Gasteiger partial charge is 0.389 e. The van der Waals surface area contributed by atoms with Gasteiger partial charge in [-0.25, -0.2) is 0 Å². The standard InChI is InChI=1S/C9H15F3O2/c10-9(11,12)4-3-8(13)7-2-1-5-14-6-7/h7-8,13H,1-6H2. The summed E-state index contributed by atoms with van der Waals surface area (Å²) in [5.74, 6) is -0.119. The highest BCUT2D eigenvalue weighted by Crippen LogP contribution is 2.26. The van der Waals surface area contributed by atoms with E-state index in [1.54, 1.807) is 0 Å². The van der Waals surface area contributed by atoms with Gasteiger partial charge in [0.2, 0.25) is 0 Å². The van der Waals surface area contributed by atoms with Crippen molar-refractivity contribution in [3.05, 3.63) is 0 Å². The zero-order valence-corrected chi connectivity index (χ0v) is 7.89. The molecule has 0 bridgehead atoms. The lowest BCUT2D eigenvalue weighted by Crippen LogP contribution is -2.30. The summed E-state index contributed by atoms with van der Waals surface area (Å²) in [6.45, 7) is 1.04. The van der Waals surface area contributed by atoms with E-state index in [4.69, 9.17) is 4.74 Å². The number of alkyl halides is 3. The van der Waals surface area contributed by atoms with Crippen molar-refractivity contribution in [3.63, 3.8) is 0 Å². The molecule has 0 aliphatic carbocycles. The minimum absolute atomic E-state index is 0.119. The number of hydrogen-bond acceptors (Lipinski definition) is 2. The fourth-order valence-electron chi connectivity index (χ4n) is 1.62. The zero-order valence-electron chi connectivity index (χ0n) is 7.89. The third-order valence-corrected chi connectivity index (χ3v) is 2.46. The van der Waals surface area contributed by atoms with Gasteiger partial charge in [-0.1, -0.05) is 0 Å². The molecule has 0 amide bonds. The van der Waals surface area contributed by atoms with Crippen molar-refractivity contribution in [2.45, 2.75) is 38.0 Å². The molecule has 5 heteroatoms. The lowest BCUT2D eigenvalue weighted by Gasteiger charge is -2.26. The molecule has 1 heterocycles. The normalized spacial score (nSPS) is 26.1. The molecule has 14 heavy (non-hydrogen) atoms. The van der Waals surface area contributed by atoms with Crippen molar-refractivity contribution < 1.29 is 23.0 Å². The molecular formula is C9H15F3O2. The summed E-state index contributed by atoms with van der Waals surface area (Å²) in [4.78, 5) is 0. The maximum absolute atomic E-state index is 11.8. The van der Waals surface area contributed by atoms with Crippen molar-refractivity contribution in [3.8, 4) is 0 Å². The van der Waals surface area contributed by atoms with Gasteiger partial charge in [0.15, 0.2) is 0 Å². The van der Waals surface area contributed by atoms with E-state index >= 15 is 0 Å². The molecule has 84 valence electrons. The minimum Gasteiger partial charge on any atom is -0.393 e. The first-order valence-electron chi connectivity index (χ1n) is 4.81. The van der Waals surface area contributed by atoms with E-state index in [1.807, 2.05) is 0 Å². The third kappa shape index (κ3) is 4.28. The Morgan fingerprint density at radius 1 is 1.43 bits per heavy atom. The van der Waals surface area contributed by atoms with Crippen LogP contribution in [0.15, 0.2) is 0 Å². The maximum Gasteiger partial charge on any atom is 0.389 e. The first-order valence-corrected chi connectivity index (χ1v) is 4.81. The number of aliphatic hydroxyl groups excluding tert-OH is 1. The van der Waals surface area contributed by atoms with Crippen LogP contribution in [0.2, 0.25) is 0 Å². The Morgan fingerprint density at radius 2 is 2.14 bits per heavy atom. The Kier molecular flexibility index (Phi) is 4.19. The fourth-order valence-corrected chi connectivity index (χ4v) is 1.62. The lowest BCUT2D eigenvalue weighted by atomic mass is 9.93. The molecule has 0 spiro atoms. The summed E-state index contributed by atoms with van der Waals surface area (Å²) in [6, 6.07) is 0. The van der Waals surface area contributed by atoms with Crippen LogP contribution < -0.4 is 0 Å². The average Bonchev–Trinajstić information content (AvgIpc) is 2.14. The van der Waals surface area contributed by atoms with Gasteiger partial charge >= 0.3 is 6.18 Å². The Bertz CT molecular complexity index is 164. The number of aliphatic hydroxyl groups is 1. The van der Waals surface area contributed by atoms with Crippen LogP contribution in [0.4, 0.5) is 13.2 Å². The van der Waals surface area contributed by atoms with Crippen molar-refractivity contribution >= 4 is 0 Å². The van der Waals surface area contributed by atoms with E-state index in [9.17, 15) is 18.3 Å². The number of hydrogen-bond donors (Lipinski definition) is 1. The van der Waals surface area contributed by atoms with E-state index in [-0.39, 0.29) is 12.3 Å².